The highest BCUT2D eigenvalue weighted by atomic mass is 32.2. The Bertz CT molecular complexity index is 596. The number of aromatic nitrogens is 2. The number of hydrogen-bond donors (Lipinski definition) is 1. The zero-order valence-electron chi connectivity index (χ0n) is 11.2. The Labute approximate surface area is 121 Å². The van der Waals surface area contributed by atoms with Crippen molar-refractivity contribution in [3.05, 3.63) is 35.5 Å². The zero-order valence-corrected chi connectivity index (χ0v) is 12.0. The van der Waals surface area contributed by atoms with Gasteiger partial charge in [0.2, 0.25) is 11.7 Å². The molecule has 1 saturated heterocycles. The molecule has 1 aromatic heterocycles. The lowest BCUT2D eigenvalue weighted by atomic mass is 10.1. The van der Waals surface area contributed by atoms with E-state index < -0.39 is 0 Å². The SMILES string of the molecule is Cc1ccc(-c2noc(CC3CSCCN3)n2)cc1F. The molecule has 1 fully saturated rings. The summed E-state index contributed by atoms with van der Waals surface area (Å²) in [6.45, 7) is 2.74. The summed E-state index contributed by atoms with van der Waals surface area (Å²) < 4.78 is 18.8. The Morgan fingerprint density at radius 1 is 1.50 bits per heavy atom. The van der Waals surface area contributed by atoms with E-state index in [9.17, 15) is 4.39 Å². The quantitative estimate of drug-likeness (QED) is 0.942. The molecule has 2 heterocycles. The second-order valence-corrected chi connectivity index (χ2v) is 6.06. The standard InChI is InChI=1S/C14H16FN3OS/c1-9-2-3-10(6-12(9)15)14-17-13(19-18-14)7-11-8-20-5-4-16-11/h2-3,6,11,16H,4-5,7-8H2,1H3. The number of nitrogens with zero attached hydrogens (tertiary/aromatic N) is 2. The highest BCUT2D eigenvalue weighted by Gasteiger charge is 2.17. The van der Waals surface area contributed by atoms with Crippen LogP contribution in [0.4, 0.5) is 4.39 Å². The molecule has 106 valence electrons. The molecule has 2 aromatic rings. The highest BCUT2D eigenvalue weighted by molar-refractivity contribution is 7.99. The van der Waals surface area contributed by atoms with E-state index in [4.69, 9.17) is 4.52 Å². The van der Waals surface area contributed by atoms with Gasteiger partial charge in [-0.15, -0.1) is 0 Å². The first-order chi connectivity index (χ1) is 9.72. The predicted molar refractivity (Wildman–Crippen MR) is 77.2 cm³/mol. The summed E-state index contributed by atoms with van der Waals surface area (Å²) in [6.07, 6.45) is 0.717. The van der Waals surface area contributed by atoms with Gasteiger partial charge in [0, 0.05) is 36.1 Å². The number of thioether (sulfide) groups is 1. The normalized spacial score (nSPS) is 19.2. The van der Waals surface area contributed by atoms with Crippen LogP contribution in [0.25, 0.3) is 11.4 Å². The summed E-state index contributed by atoms with van der Waals surface area (Å²) in [7, 11) is 0. The van der Waals surface area contributed by atoms with Gasteiger partial charge in [0.1, 0.15) is 5.82 Å². The van der Waals surface area contributed by atoms with Gasteiger partial charge >= 0.3 is 0 Å². The first-order valence-electron chi connectivity index (χ1n) is 6.62. The maximum Gasteiger partial charge on any atom is 0.228 e. The fraction of sp³-hybridized carbons (Fsp3) is 0.429. The lowest BCUT2D eigenvalue weighted by Gasteiger charge is -2.21. The fourth-order valence-electron chi connectivity index (χ4n) is 2.15. The van der Waals surface area contributed by atoms with Crippen LogP contribution < -0.4 is 5.32 Å². The molecule has 1 unspecified atom stereocenters. The van der Waals surface area contributed by atoms with Crippen LogP contribution in [-0.4, -0.2) is 34.2 Å². The molecular formula is C14H16FN3OS. The molecule has 1 aliphatic rings. The molecule has 20 heavy (non-hydrogen) atoms. The fourth-order valence-corrected chi connectivity index (χ4v) is 3.10. The highest BCUT2D eigenvalue weighted by Crippen LogP contribution is 2.20. The van der Waals surface area contributed by atoms with Crippen molar-refractivity contribution in [3.63, 3.8) is 0 Å². The van der Waals surface area contributed by atoms with Gasteiger partial charge in [0.05, 0.1) is 0 Å². The summed E-state index contributed by atoms with van der Waals surface area (Å²) in [4.78, 5) is 4.35. The van der Waals surface area contributed by atoms with Gasteiger partial charge in [0.15, 0.2) is 0 Å². The largest absolute Gasteiger partial charge is 0.339 e. The van der Waals surface area contributed by atoms with E-state index in [0.29, 0.717) is 35.3 Å². The van der Waals surface area contributed by atoms with Crippen LogP contribution in [0.3, 0.4) is 0 Å². The number of benzene rings is 1. The maximum atomic E-state index is 13.5. The maximum absolute atomic E-state index is 13.5. The van der Waals surface area contributed by atoms with Crippen molar-refractivity contribution in [2.75, 3.05) is 18.1 Å². The minimum atomic E-state index is -0.251. The average molecular weight is 293 g/mol. The summed E-state index contributed by atoms with van der Waals surface area (Å²) in [5.41, 5.74) is 1.26. The van der Waals surface area contributed by atoms with Crippen molar-refractivity contribution in [3.8, 4) is 11.4 Å². The van der Waals surface area contributed by atoms with Gasteiger partial charge in [-0.25, -0.2) is 4.39 Å². The van der Waals surface area contributed by atoms with Gasteiger partial charge in [-0.3, -0.25) is 0 Å². The summed E-state index contributed by atoms with van der Waals surface area (Å²) in [5.74, 6) is 2.99. The number of halogens is 1. The number of hydrogen-bond acceptors (Lipinski definition) is 5. The van der Waals surface area contributed by atoms with Crippen molar-refractivity contribution in [1.82, 2.24) is 15.5 Å². The predicted octanol–water partition coefficient (Wildman–Crippen LogP) is 2.43. The molecule has 0 radical (unpaired) electrons. The van der Waals surface area contributed by atoms with Gasteiger partial charge < -0.3 is 9.84 Å². The number of nitrogens with one attached hydrogen (secondary N) is 1. The Morgan fingerprint density at radius 3 is 3.15 bits per heavy atom. The first-order valence-corrected chi connectivity index (χ1v) is 7.78. The van der Waals surface area contributed by atoms with Crippen molar-refractivity contribution < 1.29 is 8.91 Å². The summed E-state index contributed by atoms with van der Waals surface area (Å²) >= 11 is 1.93. The molecule has 0 bridgehead atoms. The minimum Gasteiger partial charge on any atom is -0.339 e. The Hall–Kier alpha value is -1.40. The van der Waals surface area contributed by atoms with Gasteiger partial charge in [0.25, 0.3) is 0 Å². The molecule has 4 nitrogen and oxygen atoms in total. The van der Waals surface area contributed by atoms with Crippen LogP contribution in [0.1, 0.15) is 11.5 Å². The number of rotatable bonds is 3. The second kappa shape index (κ2) is 5.93. The third-order valence-corrected chi connectivity index (χ3v) is 4.45. The Morgan fingerprint density at radius 2 is 2.40 bits per heavy atom. The van der Waals surface area contributed by atoms with Crippen molar-refractivity contribution >= 4 is 11.8 Å². The molecule has 1 atom stereocenters. The van der Waals surface area contributed by atoms with Gasteiger partial charge in [-0.2, -0.15) is 16.7 Å². The smallest absolute Gasteiger partial charge is 0.228 e. The zero-order chi connectivity index (χ0) is 13.9. The first kappa shape index (κ1) is 13.6. The third-order valence-electron chi connectivity index (χ3n) is 3.32. The van der Waals surface area contributed by atoms with Crippen LogP contribution in [-0.2, 0) is 6.42 Å². The van der Waals surface area contributed by atoms with Gasteiger partial charge in [-0.1, -0.05) is 17.3 Å². The van der Waals surface area contributed by atoms with E-state index in [1.54, 1.807) is 13.0 Å². The average Bonchev–Trinajstić information content (AvgIpc) is 2.91. The molecule has 0 amide bonds. The van der Waals surface area contributed by atoms with Crippen molar-refractivity contribution in [2.45, 2.75) is 19.4 Å². The second-order valence-electron chi connectivity index (χ2n) is 4.91. The minimum absolute atomic E-state index is 0.251. The van der Waals surface area contributed by atoms with Crippen molar-refractivity contribution in [2.24, 2.45) is 0 Å². The van der Waals surface area contributed by atoms with Crippen LogP contribution >= 0.6 is 11.8 Å². The van der Waals surface area contributed by atoms with E-state index in [-0.39, 0.29) is 5.82 Å². The molecule has 6 heteroatoms. The van der Waals surface area contributed by atoms with Crippen molar-refractivity contribution in [1.29, 1.82) is 0 Å². The monoisotopic (exact) mass is 293 g/mol. The van der Waals surface area contributed by atoms with Gasteiger partial charge in [-0.05, 0) is 18.6 Å². The van der Waals surface area contributed by atoms with E-state index >= 15 is 0 Å². The lowest BCUT2D eigenvalue weighted by Crippen LogP contribution is -2.38. The molecular weight excluding hydrogens is 277 g/mol. The Kier molecular flexibility index (Phi) is 4.03. The molecule has 0 aliphatic carbocycles. The van der Waals surface area contributed by atoms with Crippen LogP contribution in [0.5, 0.6) is 0 Å². The van der Waals surface area contributed by atoms with E-state index in [1.165, 1.54) is 6.07 Å². The molecule has 0 saturated carbocycles. The molecule has 0 spiro atoms. The molecule has 1 aromatic carbocycles. The third kappa shape index (κ3) is 3.02. The summed E-state index contributed by atoms with van der Waals surface area (Å²) in [5, 5.41) is 7.36. The van der Waals surface area contributed by atoms with Crippen LogP contribution in [0.2, 0.25) is 0 Å². The molecule has 1 N–H and O–H groups in total. The Balaban J connectivity index is 1.73. The lowest BCUT2D eigenvalue weighted by molar-refractivity contribution is 0.363. The van der Waals surface area contributed by atoms with Crippen LogP contribution in [0, 0.1) is 12.7 Å². The molecule has 1 aliphatic heterocycles. The summed E-state index contributed by atoms with van der Waals surface area (Å²) in [6, 6.07) is 5.34. The number of aryl methyl sites for hydroxylation is 1. The van der Waals surface area contributed by atoms with E-state index in [1.807, 2.05) is 17.8 Å². The topological polar surface area (TPSA) is 51.0 Å². The van der Waals surface area contributed by atoms with Crippen LogP contribution in [0.15, 0.2) is 22.7 Å². The van der Waals surface area contributed by atoms with E-state index in [0.717, 1.165) is 18.1 Å². The van der Waals surface area contributed by atoms with E-state index in [2.05, 4.69) is 15.5 Å². The molecule has 3 rings (SSSR count).